The van der Waals surface area contributed by atoms with Gasteiger partial charge in [0, 0.05) is 19.1 Å². The van der Waals surface area contributed by atoms with E-state index in [0.717, 1.165) is 18.4 Å². The maximum atomic E-state index is 3.63. The first-order valence-electron chi connectivity index (χ1n) is 7.59. The van der Waals surface area contributed by atoms with Gasteiger partial charge in [-0.05, 0) is 51.1 Å². The molecule has 0 spiro atoms. The monoisotopic (exact) mass is 240 g/mol. The van der Waals surface area contributed by atoms with Gasteiger partial charge in [0.05, 0.1) is 0 Å². The summed E-state index contributed by atoms with van der Waals surface area (Å²) in [5.74, 6) is 1.73. The molecule has 2 unspecified atom stereocenters. The van der Waals surface area contributed by atoms with E-state index in [-0.39, 0.29) is 0 Å². The van der Waals surface area contributed by atoms with Crippen molar-refractivity contribution >= 4 is 0 Å². The van der Waals surface area contributed by atoms with Crippen LogP contribution in [-0.2, 0) is 0 Å². The molecular weight excluding hydrogens is 208 g/mol. The summed E-state index contributed by atoms with van der Waals surface area (Å²) in [6.07, 6.45) is 5.63. The standard InChI is InChI=1S/C15H32N2/c1-5-15-7-6-10-17(11-8-15)12-9-16-14(4)13(2)3/h13-16H,5-12H2,1-4H3. The van der Waals surface area contributed by atoms with E-state index in [2.05, 4.69) is 37.9 Å². The molecule has 0 saturated carbocycles. The Bertz CT molecular complexity index is 191. The van der Waals surface area contributed by atoms with Crippen molar-refractivity contribution in [1.82, 2.24) is 10.2 Å². The molecule has 1 N–H and O–H groups in total. The Morgan fingerprint density at radius 1 is 1.18 bits per heavy atom. The fraction of sp³-hybridized carbons (Fsp3) is 1.00. The molecule has 0 aromatic carbocycles. The molecule has 1 saturated heterocycles. The van der Waals surface area contributed by atoms with Gasteiger partial charge in [0.15, 0.2) is 0 Å². The lowest BCUT2D eigenvalue weighted by molar-refractivity contribution is 0.270. The van der Waals surface area contributed by atoms with Crippen LogP contribution in [0, 0.1) is 11.8 Å². The van der Waals surface area contributed by atoms with E-state index in [1.807, 2.05) is 0 Å². The molecule has 1 fully saturated rings. The molecule has 0 amide bonds. The van der Waals surface area contributed by atoms with Crippen molar-refractivity contribution in [1.29, 1.82) is 0 Å². The maximum Gasteiger partial charge on any atom is 0.0107 e. The van der Waals surface area contributed by atoms with Crippen LogP contribution in [0.3, 0.4) is 0 Å². The Labute approximate surface area is 108 Å². The van der Waals surface area contributed by atoms with Crippen molar-refractivity contribution in [2.45, 2.75) is 59.4 Å². The maximum absolute atomic E-state index is 3.63. The van der Waals surface area contributed by atoms with Gasteiger partial charge in [0.25, 0.3) is 0 Å². The van der Waals surface area contributed by atoms with Crippen molar-refractivity contribution in [3.63, 3.8) is 0 Å². The van der Waals surface area contributed by atoms with Gasteiger partial charge in [0.1, 0.15) is 0 Å². The third-order valence-corrected chi connectivity index (χ3v) is 4.41. The Morgan fingerprint density at radius 2 is 1.94 bits per heavy atom. The van der Waals surface area contributed by atoms with Crippen LogP contribution in [0.15, 0.2) is 0 Å². The number of hydrogen-bond acceptors (Lipinski definition) is 2. The Kier molecular flexibility index (Phi) is 7.14. The minimum atomic E-state index is 0.644. The van der Waals surface area contributed by atoms with Gasteiger partial charge in [-0.15, -0.1) is 0 Å². The fourth-order valence-corrected chi connectivity index (χ4v) is 2.54. The predicted octanol–water partition coefficient (Wildman–Crippen LogP) is 3.13. The molecule has 0 radical (unpaired) electrons. The summed E-state index contributed by atoms with van der Waals surface area (Å²) >= 11 is 0. The van der Waals surface area contributed by atoms with Crippen LogP contribution in [0.5, 0.6) is 0 Å². The topological polar surface area (TPSA) is 15.3 Å². The molecule has 2 nitrogen and oxygen atoms in total. The van der Waals surface area contributed by atoms with Crippen LogP contribution in [0.1, 0.15) is 53.4 Å². The third kappa shape index (κ3) is 5.87. The van der Waals surface area contributed by atoms with E-state index in [4.69, 9.17) is 0 Å². The first-order chi connectivity index (χ1) is 8.13. The number of hydrogen-bond donors (Lipinski definition) is 1. The molecule has 1 aliphatic rings. The molecule has 0 aromatic rings. The molecular formula is C15H32N2. The van der Waals surface area contributed by atoms with Gasteiger partial charge in [-0.1, -0.05) is 27.2 Å². The van der Waals surface area contributed by atoms with Crippen LogP contribution in [0.4, 0.5) is 0 Å². The molecule has 2 heteroatoms. The summed E-state index contributed by atoms with van der Waals surface area (Å²) in [7, 11) is 0. The molecule has 102 valence electrons. The van der Waals surface area contributed by atoms with Crippen molar-refractivity contribution in [3.8, 4) is 0 Å². The second-order valence-electron chi connectivity index (χ2n) is 6.03. The van der Waals surface area contributed by atoms with Crippen molar-refractivity contribution in [2.75, 3.05) is 26.2 Å². The van der Waals surface area contributed by atoms with Crippen LogP contribution >= 0.6 is 0 Å². The molecule has 1 aliphatic heterocycles. The number of nitrogens with one attached hydrogen (secondary N) is 1. The summed E-state index contributed by atoms with van der Waals surface area (Å²) < 4.78 is 0. The Balaban J connectivity index is 2.15. The highest BCUT2D eigenvalue weighted by molar-refractivity contribution is 4.71. The quantitative estimate of drug-likeness (QED) is 0.767. The zero-order valence-electron chi connectivity index (χ0n) is 12.3. The van der Waals surface area contributed by atoms with E-state index in [1.54, 1.807) is 0 Å². The lowest BCUT2D eigenvalue weighted by atomic mass is 9.98. The predicted molar refractivity (Wildman–Crippen MR) is 76.4 cm³/mol. The van der Waals surface area contributed by atoms with Crippen molar-refractivity contribution in [3.05, 3.63) is 0 Å². The van der Waals surface area contributed by atoms with Crippen molar-refractivity contribution < 1.29 is 0 Å². The molecule has 0 aliphatic carbocycles. The first-order valence-corrected chi connectivity index (χ1v) is 7.59. The highest BCUT2D eigenvalue weighted by Gasteiger charge is 2.15. The van der Waals surface area contributed by atoms with E-state index in [0.29, 0.717) is 6.04 Å². The number of nitrogens with zero attached hydrogens (tertiary/aromatic N) is 1. The van der Waals surface area contributed by atoms with E-state index < -0.39 is 0 Å². The van der Waals surface area contributed by atoms with Gasteiger partial charge >= 0.3 is 0 Å². The first kappa shape index (κ1) is 15.0. The molecule has 0 aromatic heterocycles. The summed E-state index contributed by atoms with van der Waals surface area (Å²) in [6.45, 7) is 14.2. The lowest BCUT2D eigenvalue weighted by Crippen LogP contribution is -2.38. The fourth-order valence-electron chi connectivity index (χ4n) is 2.54. The highest BCUT2D eigenvalue weighted by atomic mass is 15.1. The molecule has 17 heavy (non-hydrogen) atoms. The van der Waals surface area contributed by atoms with Crippen LogP contribution in [-0.4, -0.2) is 37.1 Å². The second-order valence-corrected chi connectivity index (χ2v) is 6.03. The van der Waals surface area contributed by atoms with Gasteiger partial charge in [-0.3, -0.25) is 0 Å². The second kappa shape index (κ2) is 8.10. The van der Waals surface area contributed by atoms with E-state index in [1.165, 1.54) is 45.3 Å². The Morgan fingerprint density at radius 3 is 2.59 bits per heavy atom. The average Bonchev–Trinajstić information content (AvgIpc) is 2.54. The minimum Gasteiger partial charge on any atom is -0.313 e. The summed E-state index contributed by atoms with van der Waals surface area (Å²) in [6, 6.07) is 0.644. The van der Waals surface area contributed by atoms with Gasteiger partial charge in [0.2, 0.25) is 0 Å². The normalized spacial score (nSPS) is 24.9. The van der Waals surface area contributed by atoms with Crippen LogP contribution in [0.25, 0.3) is 0 Å². The molecule has 2 atom stereocenters. The zero-order chi connectivity index (χ0) is 12.7. The van der Waals surface area contributed by atoms with Crippen molar-refractivity contribution in [2.24, 2.45) is 11.8 Å². The van der Waals surface area contributed by atoms with Gasteiger partial charge in [-0.2, -0.15) is 0 Å². The molecule has 1 heterocycles. The molecule has 0 bridgehead atoms. The van der Waals surface area contributed by atoms with E-state index in [9.17, 15) is 0 Å². The van der Waals surface area contributed by atoms with Gasteiger partial charge in [-0.25, -0.2) is 0 Å². The summed E-state index contributed by atoms with van der Waals surface area (Å²) in [4.78, 5) is 2.65. The summed E-state index contributed by atoms with van der Waals surface area (Å²) in [5, 5.41) is 3.63. The van der Waals surface area contributed by atoms with Crippen LogP contribution in [0.2, 0.25) is 0 Å². The third-order valence-electron chi connectivity index (χ3n) is 4.41. The SMILES string of the molecule is CCC1CCCN(CCNC(C)C(C)C)CC1. The van der Waals surface area contributed by atoms with E-state index >= 15 is 0 Å². The van der Waals surface area contributed by atoms with Crippen LogP contribution < -0.4 is 5.32 Å². The average molecular weight is 240 g/mol. The van der Waals surface area contributed by atoms with Gasteiger partial charge < -0.3 is 10.2 Å². The largest absolute Gasteiger partial charge is 0.313 e. The highest BCUT2D eigenvalue weighted by Crippen LogP contribution is 2.19. The zero-order valence-corrected chi connectivity index (χ0v) is 12.3. The number of likely N-dealkylation sites (tertiary alicyclic amines) is 1. The number of rotatable bonds is 6. The molecule has 1 rings (SSSR count). The lowest BCUT2D eigenvalue weighted by Gasteiger charge is -2.23. The smallest absolute Gasteiger partial charge is 0.0107 e. The summed E-state index contributed by atoms with van der Waals surface area (Å²) in [5.41, 5.74) is 0. The Hall–Kier alpha value is -0.0800. The minimum absolute atomic E-state index is 0.644.